The molecule has 6 nitrogen and oxygen atoms in total. The highest BCUT2D eigenvalue weighted by atomic mass is 32.1. The van der Waals surface area contributed by atoms with Gasteiger partial charge in [-0.3, -0.25) is 14.5 Å². The molecule has 0 spiro atoms. The van der Waals surface area contributed by atoms with Gasteiger partial charge < -0.3 is 10.2 Å². The van der Waals surface area contributed by atoms with Crippen molar-refractivity contribution in [2.24, 2.45) is 11.8 Å². The number of fused-ring (bicyclic) bond motifs is 4. The zero-order chi connectivity index (χ0) is 17.4. The molecule has 3 saturated heterocycles. The predicted octanol–water partition coefficient (Wildman–Crippen LogP) is 1.48. The van der Waals surface area contributed by atoms with Crippen LogP contribution >= 0.6 is 11.3 Å². The summed E-state index contributed by atoms with van der Waals surface area (Å²) in [6.07, 6.45) is 3.94. The van der Waals surface area contributed by atoms with Crippen LogP contribution < -0.4 is 5.32 Å². The van der Waals surface area contributed by atoms with Gasteiger partial charge in [-0.05, 0) is 31.1 Å². The van der Waals surface area contributed by atoms with Crippen LogP contribution in [-0.2, 0) is 16.1 Å². The summed E-state index contributed by atoms with van der Waals surface area (Å²) in [6, 6.07) is 0.477. The van der Waals surface area contributed by atoms with E-state index >= 15 is 0 Å². The van der Waals surface area contributed by atoms with Gasteiger partial charge in [0.15, 0.2) is 0 Å². The first kappa shape index (κ1) is 17.0. The highest BCUT2D eigenvalue weighted by Crippen LogP contribution is 2.41. The molecule has 7 heteroatoms. The van der Waals surface area contributed by atoms with Crippen molar-refractivity contribution in [3.8, 4) is 0 Å². The summed E-state index contributed by atoms with van der Waals surface area (Å²) in [5.74, 6) is 1.25. The van der Waals surface area contributed by atoms with Crippen LogP contribution in [0.15, 0.2) is 10.9 Å². The van der Waals surface area contributed by atoms with Crippen molar-refractivity contribution in [2.45, 2.75) is 51.2 Å². The first-order valence-corrected chi connectivity index (χ1v) is 10.2. The topological polar surface area (TPSA) is 65.5 Å². The standard InChI is InChI=1S/C18H26N4O2S/c1-12(23)19-6-17-14-5-13(16-3-2-4-18(24)22(16)17)7-21(8-14)9-15-10-25-11-20-15/h10-11,13-14,16-17H,2-9H2,1H3,(H,19,23)/t13-,14+,16+,17+/m1/s1. The molecule has 2 bridgehead atoms. The van der Waals surface area contributed by atoms with E-state index in [9.17, 15) is 9.59 Å². The second kappa shape index (κ2) is 7.03. The third-order valence-electron chi connectivity index (χ3n) is 6.00. The van der Waals surface area contributed by atoms with Crippen LogP contribution in [0.5, 0.6) is 0 Å². The zero-order valence-electron chi connectivity index (χ0n) is 14.7. The molecule has 0 aromatic carbocycles. The monoisotopic (exact) mass is 362 g/mol. The summed E-state index contributed by atoms with van der Waals surface area (Å²) in [4.78, 5) is 33.2. The number of carbonyl (C=O) groups is 2. The highest BCUT2D eigenvalue weighted by molar-refractivity contribution is 7.07. The zero-order valence-corrected chi connectivity index (χ0v) is 15.5. The lowest BCUT2D eigenvalue weighted by molar-refractivity contribution is -0.153. The van der Waals surface area contributed by atoms with Gasteiger partial charge in [0.2, 0.25) is 11.8 Å². The minimum Gasteiger partial charge on any atom is -0.354 e. The van der Waals surface area contributed by atoms with Crippen molar-refractivity contribution in [2.75, 3.05) is 19.6 Å². The summed E-state index contributed by atoms with van der Waals surface area (Å²) >= 11 is 1.64. The normalized spacial score (nSPS) is 32.4. The van der Waals surface area contributed by atoms with E-state index in [0.29, 0.717) is 30.8 Å². The fourth-order valence-corrected chi connectivity index (χ4v) is 5.61. The maximum atomic E-state index is 12.6. The number of nitrogens with one attached hydrogen (secondary N) is 1. The number of nitrogens with zero attached hydrogens (tertiary/aromatic N) is 3. The minimum absolute atomic E-state index is 0.0155. The number of rotatable bonds is 4. The van der Waals surface area contributed by atoms with Gasteiger partial charge in [0.25, 0.3) is 0 Å². The van der Waals surface area contributed by atoms with E-state index in [0.717, 1.165) is 38.2 Å². The molecule has 25 heavy (non-hydrogen) atoms. The SMILES string of the molecule is CC(=O)NC[C@H]1[C@H]2C[C@H](CN(Cc3cscn3)C2)[C@@H]2CCCC(=O)N21. The van der Waals surface area contributed by atoms with E-state index in [4.69, 9.17) is 0 Å². The molecule has 4 heterocycles. The van der Waals surface area contributed by atoms with Gasteiger partial charge in [0.05, 0.1) is 17.2 Å². The van der Waals surface area contributed by atoms with Crippen molar-refractivity contribution >= 4 is 23.2 Å². The van der Waals surface area contributed by atoms with Crippen LogP contribution in [0.1, 0.15) is 38.3 Å². The van der Waals surface area contributed by atoms with Crippen LogP contribution in [0, 0.1) is 11.8 Å². The molecule has 3 aliphatic heterocycles. The van der Waals surface area contributed by atoms with Crippen molar-refractivity contribution in [1.82, 2.24) is 20.1 Å². The first-order valence-electron chi connectivity index (χ1n) is 9.27. The van der Waals surface area contributed by atoms with Gasteiger partial charge in [-0.2, -0.15) is 0 Å². The molecule has 4 rings (SSSR count). The van der Waals surface area contributed by atoms with E-state index < -0.39 is 0 Å². The molecule has 3 aliphatic rings. The van der Waals surface area contributed by atoms with Gasteiger partial charge in [-0.25, -0.2) is 4.98 Å². The summed E-state index contributed by atoms with van der Waals surface area (Å²) in [5, 5.41) is 5.09. The van der Waals surface area contributed by atoms with E-state index in [2.05, 4.69) is 25.5 Å². The molecule has 3 fully saturated rings. The molecular formula is C18H26N4O2S. The predicted molar refractivity (Wildman–Crippen MR) is 95.9 cm³/mol. The van der Waals surface area contributed by atoms with Crippen LogP contribution in [-0.4, -0.2) is 58.3 Å². The second-order valence-electron chi connectivity index (χ2n) is 7.69. The fraction of sp³-hybridized carbons (Fsp3) is 0.722. The highest BCUT2D eigenvalue weighted by Gasteiger charge is 2.49. The largest absolute Gasteiger partial charge is 0.354 e. The van der Waals surface area contributed by atoms with Gasteiger partial charge in [-0.15, -0.1) is 11.3 Å². The molecule has 0 saturated carbocycles. The van der Waals surface area contributed by atoms with Crippen molar-refractivity contribution in [3.63, 3.8) is 0 Å². The Hall–Kier alpha value is -1.47. The van der Waals surface area contributed by atoms with Crippen LogP contribution in [0.4, 0.5) is 0 Å². The van der Waals surface area contributed by atoms with Crippen LogP contribution in [0.3, 0.4) is 0 Å². The number of likely N-dealkylation sites (tertiary alicyclic amines) is 1. The molecule has 0 unspecified atom stereocenters. The summed E-state index contributed by atoms with van der Waals surface area (Å²) in [6.45, 7) is 5.06. The Balaban J connectivity index is 1.54. The molecule has 136 valence electrons. The molecule has 1 aromatic rings. The smallest absolute Gasteiger partial charge is 0.223 e. The number of carbonyl (C=O) groups excluding carboxylic acids is 2. The molecule has 2 amide bonds. The van der Waals surface area contributed by atoms with Crippen LogP contribution in [0.25, 0.3) is 0 Å². The number of aromatic nitrogens is 1. The number of hydrogen-bond acceptors (Lipinski definition) is 5. The van der Waals surface area contributed by atoms with Gasteiger partial charge in [0, 0.05) is 50.9 Å². The van der Waals surface area contributed by atoms with Crippen molar-refractivity contribution in [1.29, 1.82) is 0 Å². The molecule has 4 atom stereocenters. The molecule has 1 aromatic heterocycles. The third-order valence-corrected chi connectivity index (χ3v) is 6.64. The quantitative estimate of drug-likeness (QED) is 0.881. The molecule has 1 N–H and O–H groups in total. The van der Waals surface area contributed by atoms with E-state index in [-0.39, 0.29) is 17.9 Å². The third kappa shape index (κ3) is 3.44. The van der Waals surface area contributed by atoms with Gasteiger partial charge >= 0.3 is 0 Å². The van der Waals surface area contributed by atoms with E-state index in [1.165, 1.54) is 6.42 Å². The minimum atomic E-state index is -0.0155. The lowest BCUT2D eigenvalue weighted by atomic mass is 9.72. The number of amides is 2. The molecule has 0 aliphatic carbocycles. The maximum absolute atomic E-state index is 12.6. The Morgan fingerprint density at radius 1 is 1.40 bits per heavy atom. The van der Waals surface area contributed by atoms with E-state index in [1.54, 1.807) is 18.3 Å². The van der Waals surface area contributed by atoms with Crippen molar-refractivity contribution < 1.29 is 9.59 Å². The van der Waals surface area contributed by atoms with Gasteiger partial charge in [0.1, 0.15) is 0 Å². The summed E-state index contributed by atoms with van der Waals surface area (Å²) < 4.78 is 0. The van der Waals surface area contributed by atoms with Gasteiger partial charge in [-0.1, -0.05) is 0 Å². The lowest BCUT2D eigenvalue weighted by Gasteiger charge is -2.56. The van der Waals surface area contributed by atoms with E-state index in [1.807, 2.05) is 5.51 Å². The molecular weight excluding hydrogens is 336 g/mol. The Morgan fingerprint density at radius 2 is 2.24 bits per heavy atom. The number of piperidine rings is 3. The maximum Gasteiger partial charge on any atom is 0.223 e. The Morgan fingerprint density at radius 3 is 3.00 bits per heavy atom. The number of hydrogen-bond donors (Lipinski definition) is 1. The Labute approximate surface area is 152 Å². The molecule has 0 radical (unpaired) electrons. The fourth-order valence-electron chi connectivity index (χ4n) is 5.06. The summed E-state index contributed by atoms with van der Waals surface area (Å²) in [7, 11) is 0. The van der Waals surface area contributed by atoms with Crippen LogP contribution in [0.2, 0.25) is 0 Å². The second-order valence-corrected chi connectivity index (χ2v) is 8.41. The van der Waals surface area contributed by atoms with Crippen molar-refractivity contribution in [3.05, 3.63) is 16.6 Å². The Bertz CT molecular complexity index is 635. The average molecular weight is 362 g/mol. The first-order chi connectivity index (χ1) is 12.1. The lowest BCUT2D eigenvalue weighted by Crippen LogP contribution is -2.66. The average Bonchev–Trinajstić information content (AvgIpc) is 3.08. The summed E-state index contributed by atoms with van der Waals surface area (Å²) in [5.41, 5.74) is 3.03. The number of thiazole rings is 1. The Kier molecular flexibility index (Phi) is 4.78.